The van der Waals surface area contributed by atoms with E-state index >= 15 is 17.6 Å². The molecule has 0 aliphatic rings. The van der Waals surface area contributed by atoms with Crippen LogP contribution < -0.4 is 9.47 Å². The van der Waals surface area contributed by atoms with Crippen molar-refractivity contribution >= 4 is 129 Å². The summed E-state index contributed by atoms with van der Waals surface area (Å²) < 4.78 is 118. The van der Waals surface area contributed by atoms with E-state index in [2.05, 4.69) is 38.1 Å². The molecule has 0 aliphatic carbocycles. The monoisotopic (exact) mass is 1250 g/mol. The van der Waals surface area contributed by atoms with Gasteiger partial charge in [-0.05, 0) is 147 Å². The Hall–Kier alpha value is -6.38. The summed E-state index contributed by atoms with van der Waals surface area (Å²) >= 11 is 0. The van der Waals surface area contributed by atoms with Gasteiger partial charge in [0, 0.05) is 69.4 Å². The third-order valence-corrected chi connectivity index (χ3v) is 20.0. The zero-order valence-corrected chi connectivity index (χ0v) is 54.6. The van der Waals surface area contributed by atoms with E-state index in [4.69, 9.17) is 37.9 Å². The molecule has 13 aromatic rings. The zero-order valence-electron chi connectivity index (χ0n) is 54.6. The van der Waals surface area contributed by atoms with Gasteiger partial charge in [-0.25, -0.2) is 17.6 Å². The molecule has 0 unspecified atom stereocenters. The first kappa shape index (κ1) is 64.3. The minimum absolute atomic E-state index is 0.173. The number of hydrogen-bond donors (Lipinski definition) is 0. The average Bonchev–Trinajstić information content (AvgIpc) is 0.642. The molecule has 0 amide bonds. The zero-order chi connectivity index (χ0) is 63.2. The molecule has 0 saturated heterocycles. The van der Waals surface area contributed by atoms with Crippen molar-refractivity contribution in [3.8, 4) is 11.5 Å². The van der Waals surface area contributed by atoms with E-state index in [1.54, 1.807) is 14.2 Å². The molecule has 0 N–H and O–H groups in total. The van der Waals surface area contributed by atoms with Crippen LogP contribution in [0.1, 0.15) is 153 Å². The number of benzene rings is 13. The lowest BCUT2D eigenvalue weighted by Gasteiger charge is -2.30. The third kappa shape index (κ3) is 12.3. The molecule has 0 aromatic heterocycles. The molecule has 13 aromatic carbocycles. The maximum absolute atomic E-state index is 18.0. The summed E-state index contributed by atoms with van der Waals surface area (Å²) in [6.07, 6.45) is 25.8. The van der Waals surface area contributed by atoms with Crippen molar-refractivity contribution in [2.45, 2.75) is 155 Å². The van der Waals surface area contributed by atoms with E-state index in [0.29, 0.717) is 107 Å². The lowest BCUT2D eigenvalue weighted by atomic mass is 9.72. The van der Waals surface area contributed by atoms with Crippen molar-refractivity contribution in [2.24, 2.45) is 0 Å². The molecule has 12 heteroatoms. The summed E-state index contributed by atoms with van der Waals surface area (Å²) in [7, 11) is 3.26. The molecule has 0 fully saturated rings. The normalized spacial score (nSPS) is 12.8. The summed E-state index contributed by atoms with van der Waals surface area (Å²) in [5.74, 6) is -1.68. The van der Waals surface area contributed by atoms with Gasteiger partial charge in [-0.15, -0.1) is 0 Å². The van der Waals surface area contributed by atoms with Crippen molar-refractivity contribution in [3.63, 3.8) is 0 Å². The molecule has 486 valence electrons. The maximum Gasteiger partial charge on any atom is 0.134 e. The summed E-state index contributed by atoms with van der Waals surface area (Å²) in [6.45, 7) is 8.75. The van der Waals surface area contributed by atoms with Gasteiger partial charge in [0.05, 0.1) is 66.1 Å². The van der Waals surface area contributed by atoms with E-state index in [1.165, 1.54) is 89.9 Å². The van der Waals surface area contributed by atoms with Crippen LogP contribution in [0.2, 0.25) is 0 Å². The molecule has 92 heavy (non-hydrogen) atoms. The average molecular weight is 1260 g/mol. The Labute approximate surface area is 537 Å². The van der Waals surface area contributed by atoms with Crippen LogP contribution in [-0.2, 0) is 41.3 Å². The van der Waals surface area contributed by atoms with Crippen LogP contribution in [0, 0.1) is 23.3 Å². The molecule has 0 aliphatic heterocycles. The number of fused-ring (bicyclic) bond motifs is 6. The molecule has 0 spiro atoms. The second-order valence-corrected chi connectivity index (χ2v) is 26.1. The molecule has 0 bridgehead atoms. The van der Waals surface area contributed by atoms with Crippen LogP contribution in [0.4, 0.5) is 17.6 Å². The molecule has 0 saturated carbocycles. The van der Waals surface area contributed by atoms with E-state index < -0.39 is 23.3 Å². The predicted molar refractivity (Wildman–Crippen MR) is 373 cm³/mol. The first-order valence-electron chi connectivity index (χ1n) is 34.8. The fourth-order valence-corrected chi connectivity index (χ4v) is 15.8. The molecule has 0 heterocycles. The van der Waals surface area contributed by atoms with E-state index in [9.17, 15) is 0 Å². The highest BCUT2D eigenvalue weighted by molar-refractivity contribution is 6.61. The first-order chi connectivity index (χ1) is 45.3. The Morgan fingerprint density at radius 3 is 0.804 bits per heavy atom. The topological polar surface area (TPSA) is 73.8 Å². The number of unbranched alkanes of at least 4 members (excludes halogenated alkanes) is 18. The van der Waals surface area contributed by atoms with Crippen LogP contribution in [0.15, 0.2) is 60.7 Å². The van der Waals surface area contributed by atoms with Gasteiger partial charge in [0.1, 0.15) is 48.0 Å². The van der Waals surface area contributed by atoms with Gasteiger partial charge < -0.3 is 37.9 Å². The minimum atomic E-state index is -0.676. The molecular formula is C80H90F4O8. The summed E-state index contributed by atoms with van der Waals surface area (Å²) in [5, 5.41) is 16.6. The Bertz CT molecular complexity index is 4270. The highest BCUT2D eigenvalue weighted by atomic mass is 19.1. The largest absolute Gasteiger partial charge is 0.491 e. The van der Waals surface area contributed by atoms with E-state index in [1.807, 2.05) is 24.3 Å². The SMILES string of the molecule is CCCCCCCCCCCCc1cc2c3cc(CCCCCCCCCCCC)cc4c5c(F)cc(F)c6c7cc(OCCOCCOCCOC)cc8c9cc(OCCOCCOCCOC)cc%10c%11c(F)cc(F)c%12c(c1)c2c1c(c34)c(c56)c(c87)c(c9%10)c1c%12%11. The van der Waals surface area contributed by atoms with Crippen molar-refractivity contribution < 1.29 is 55.5 Å². The van der Waals surface area contributed by atoms with E-state index in [0.717, 1.165) is 161 Å². The highest BCUT2D eigenvalue weighted by Gasteiger charge is 2.35. The molecule has 0 radical (unpaired) electrons. The standard InChI is InChI=1S/C80H90F4O8/c1-5-7-9-11-13-15-17-19-21-23-25-49-39-53-54-40-50(26-24-22-20-18-16-14-12-10-8-6-2)42-58-66(54)74-73-65(53)57(41-49)69-61(81)47-63(83)71-59-45-51(91-37-35-89-33-31-87-29-27-85-3)43-55-56-44-52(92-38-36-90-34-32-88-30-28-86-4)46-60-68(56)76(75(67(55)59)79(73)77(69)71)80(74)78-70(58)62(82)48-64(84)72(60)78/h39-48H,5-38H2,1-4H3. The van der Waals surface area contributed by atoms with Gasteiger partial charge in [0.15, 0.2) is 0 Å². The Kier molecular flexibility index (Phi) is 20.6. The number of halogens is 4. The number of rotatable bonds is 42. The first-order valence-corrected chi connectivity index (χ1v) is 34.8. The second kappa shape index (κ2) is 29.5. The Morgan fingerprint density at radius 1 is 0.239 bits per heavy atom. The van der Waals surface area contributed by atoms with Crippen LogP contribution in [0.3, 0.4) is 0 Å². The summed E-state index contributed by atoms with van der Waals surface area (Å²) in [5.41, 5.74) is 2.19. The van der Waals surface area contributed by atoms with Gasteiger partial charge in [0.2, 0.25) is 0 Å². The van der Waals surface area contributed by atoms with E-state index in [-0.39, 0.29) is 26.4 Å². The summed E-state index contributed by atoms with van der Waals surface area (Å²) in [4.78, 5) is 0. The number of aryl methyl sites for hydroxylation is 2. The number of ether oxygens (including phenoxy) is 8. The molecule has 8 nitrogen and oxygen atoms in total. The third-order valence-electron chi connectivity index (χ3n) is 20.0. The van der Waals surface area contributed by atoms with Crippen molar-refractivity contribution in [2.75, 3.05) is 93.5 Å². The quantitative estimate of drug-likeness (QED) is 0.0162. The lowest BCUT2D eigenvalue weighted by molar-refractivity contribution is 0.0180. The van der Waals surface area contributed by atoms with Gasteiger partial charge in [-0.3, -0.25) is 0 Å². The van der Waals surface area contributed by atoms with Gasteiger partial charge in [-0.1, -0.05) is 154 Å². The molecule has 13 rings (SSSR count). The van der Waals surface area contributed by atoms with Crippen molar-refractivity contribution in [3.05, 3.63) is 95.1 Å². The second-order valence-electron chi connectivity index (χ2n) is 26.1. The van der Waals surface area contributed by atoms with Crippen LogP contribution in [0.25, 0.3) is 129 Å². The van der Waals surface area contributed by atoms with Crippen LogP contribution in [0.5, 0.6) is 11.5 Å². The fraction of sp³-hybridized carbons (Fsp3) is 0.475. The van der Waals surface area contributed by atoms with Crippen molar-refractivity contribution in [1.82, 2.24) is 0 Å². The number of hydrogen-bond acceptors (Lipinski definition) is 8. The van der Waals surface area contributed by atoms with Crippen LogP contribution >= 0.6 is 0 Å². The van der Waals surface area contributed by atoms with Crippen molar-refractivity contribution in [1.29, 1.82) is 0 Å². The Morgan fingerprint density at radius 2 is 0.478 bits per heavy atom. The number of methoxy groups -OCH3 is 2. The predicted octanol–water partition coefficient (Wildman–Crippen LogP) is 21.8. The summed E-state index contributed by atoms with van der Waals surface area (Å²) in [6, 6.07) is 19.0. The lowest BCUT2D eigenvalue weighted by Crippen LogP contribution is -2.12. The molecular weight excluding hydrogens is 1160 g/mol. The highest BCUT2D eigenvalue weighted by Crippen LogP contribution is 2.62. The molecule has 0 atom stereocenters. The van der Waals surface area contributed by atoms with Gasteiger partial charge in [0.25, 0.3) is 0 Å². The van der Waals surface area contributed by atoms with Gasteiger partial charge >= 0.3 is 0 Å². The minimum Gasteiger partial charge on any atom is -0.491 e. The van der Waals surface area contributed by atoms with Gasteiger partial charge in [-0.2, -0.15) is 0 Å². The van der Waals surface area contributed by atoms with Crippen LogP contribution in [-0.4, -0.2) is 93.5 Å². The smallest absolute Gasteiger partial charge is 0.134 e. The maximum atomic E-state index is 18.0. The fourth-order valence-electron chi connectivity index (χ4n) is 15.8. The Balaban J connectivity index is 1.03.